The molecule has 3 N–H and O–H groups in total. The van der Waals surface area contributed by atoms with Crippen molar-refractivity contribution in [1.82, 2.24) is 4.98 Å². The molecule has 1 aromatic heterocycles. The Hall–Kier alpha value is -3.23. The van der Waals surface area contributed by atoms with Gasteiger partial charge in [-0.25, -0.2) is 14.2 Å². The fourth-order valence-electron chi connectivity index (χ4n) is 1.61. The molecule has 0 atom stereocenters. The lowest BCUT2D eigenvalue weighted by Crippen LogP contribution is -2.15. The Balaban J connectivity index is 2.27. The van der Waals surface area contributed by atoms with Gasteiger partial charge in [0.2, 0.25) is 0 Å². The van der Waals surface area contributed by atoms with Crippen molar-refractivity contribution in [3.05, 3.63) is 57.5 Å². The Morgan fingerprint density at radius 1 is 1.29 bits per heavy atom. The minimum absolute atomic E-state index is 0.119. The standard InChI is InChI=1S/C12H8FN3O5/c13-6-1-2-8(7(5-6)12(18)19)15-11(17)9-3-4-10(14-9)16(20)21/h1-5,14H,(H,15,17)(H,18,19). The van der Waals surface area contributed by atoms with Crippen LogP contribution in [0.2, 0.25) is 0 Å². The lowest BCUT2D eigenvalue weighted by Gasteiger charge is -2.06. The summed E-state index contributed by atoms with van der Waals surface area (Å²) >= 11 is 0. The number of rotatable bonds is 4. The number of aromatic carboxylic acids is 1. The molecular weight excluding hydrogens is 285 g/mol. The predicted molar refractivity (Wildman–Crippen MR) is 68.8 cm³/mol. The van der Waals surface area contributed by atoms with E-state index in [-0.39, 0.29) is 17.2 Å². The van der Waals surface area contributed by atoms with E-state index in [0.29, 0.717) is 0 Å². The molecule has 2 rings (SSSR count). The zero-order valence-electron chi connectivity index (χ0n) is 10.3. The summed E-state index contributed by atoms with van der Waals surface area (Å²) in [6.07, 6.45) is 0. The number of nitrogens with zero attached hydrogens (tertiary/aromatic N) is 1. The normalized spacial score (nSPS) is 10.1. The zero-order chi connectivity index (χ0) is 15.6. The smallest absolute Gasteiger partial charge is 0.337 e. The fourth-order valence-corrected chi connectivity index (χ4v) is 1.61. The van der Waals surface area contributed by atoms with E-state index in [9.17, 15) is 24.1 Å². The monoisotopic (exact) mass is 293 g/mol. The number of carbonyl (C=O) groups is 2. The van der Waals surface area contributed by atoms with Crippen molar-refractivity contribution >= 4 is 23.4 Å². The summed E-state index contributed by atoms with van der Waals surface area (Å²) in [5.74, 6) is -3.34. The number of nitrogens with one attached hydrogen (secondary N) is 2. The molecule has 0 fully saturated rings. The summed E-state index contributed by atoms with van der Waals surface area (Å²) in [7, 11) is 0. The molecule has 0 saturated carbocycles. The number of nitro groups is 1. The van der Waals surface area contributed by atoms with Crippen LogP contribution in [0.4, 0.5) is 15.9 Å². The van der Waals surface area contributed by atoms with Gasteiger partial charge in [0.05, 0.1) is 11.3 Å². The van der Waals surface area contributed by atoms with Crippen molar-refractivity contribution in [2.45, 2.75) is 0 Å². The van der Waals surface area contributed by atoms with Crippen molar-refractivity contribution in [3.8, 4) is 0 Å². The summed E-state index contributed by atoms with van der Waals surface area (Å²) in [4.78, 5) is 34.9. The van der Waals surface area contributed by atoms with E-state index >= 15 is 0 Å². The Morgan fingerprint density at radius 3 is 2.57 bits per heavy atom. The van der Waals surface area contributed by atoms with Gasteiger partial charge in [-0.05, 0) is 29.2 Å². The van der Waals surface area contributed by atoms with Crippen LogP contribution in [-0.2, 0) is 0 Å². The molecule has 0 radical (unpaired) electrons. The Kier molecular flexibility index (Phi) is 3.65. The maximum atomic E-state index is 13.0. The van der Waals surface area contributed by atoms with Crippen molar-refractivity contribution in [3.63, 3.8) is 0 Å². The van der Waals surface area contributed by atoms with Crippen LogP contribution in [0.3, 0.4) is 0 Å². The minimum Gasteiger partial charge on any atom is -0.478 e. The maximum Gasteiger partial charge on any atom is 0.337 e. The molecule has 0 aliphatic heterocycles. The third-order valence-corrected chi connectivity index (χ3v) is 2.57. The second-order valence-corrected chi connectivity index (χ2v) is 3.96. The number of anilines is 1. The van der Waals surface area contributed by atoms with Crippen LogP contribution in [0.1, 0.15) is 20.8 Å². The van der Waals surface area contributed by atoms with Gasteiger partial charge in [0.15, 0.2) is 5.69 Å². The molecule has 0 aliphatic carbocycles. The third-order valence-electron chi connectivity index (χ3n) is 2.57. The van der Waals surface area contributed by atoms with E-state index in [1.54, 1.807) is 0 Å². The van der Waals surface area contributed by atoms with Crippen molar-refractivity contribution in [2.75, 3.05) is 5.32 Å². The van der Waals surface area contributed by atoms with Gasteiger partial charge < -0.3 is 20.5 Å². The molecule has 9 heteroatoms. The van der Waals surface area contributed by atoms with Crippen molar-refractivity contribution in [2.24, 2.45) is 0 Å². The summed E-state index contributed by atoms with van der Waals surface area (Å²) in [6, 6.07) is 5.11. The number of amides is 1. The molecule has 0 bridgehead atoms. The van der Waals surface area contributed by atoms with E-state index in [1.807, 2.05) is 0 Å². The fraction of sp³-hybridized carbons (Fsp3) is 0. The maximum absolute atomic E-state index is 13.0. The number of H-pyrrole nitrogens is 1. The highest BCUT2D eigenvalue weighted by Gasteiger charge is 2.18. The van der Waals surface area contributed by atoms with Crippen LogP contribution in [0.15, 0.2) is 30.3 Å². The first-order valence-electron chi connectivity index (χ1n) is 5.56. The van der Waals surface area contributed by atoms with Gasteiger partial charge in [-0.2, -0.15) is 0 Å². The first-order chi connectivity index (χ1) is 9.88. The highest BCUT2D eigenvalue weighted by Crippen LogP contribution is 2.19. The van der Waals surface area contributed by atoms with Gasteiger partial charge in [0, 0.05) is 6.07 Å². The number of hydrogen-bond donors (Lipinski definition) is 3. The van der Waals surface area contributed by atoms with E-state index in [1.165, 1.54) is 6.07 Å². The predicted octanol–water partition coefficient (Wildman–Crippen LogP) is 2.01. The molecule has 1 heterocycles. The number of aromatic amines is 1. The molecular formula is C12H8FN3O5. The number of halogens is 1. The van der Waals surface area contributed by atoms with E-state index in [0.717, 1.165) is 24.3 Å². The topological polar surface area (TPSA) is 125 Å². The molecule has 0 spiro atoms. The molecule has 0 saturated heterocycles. The van der Waals surface area contributed by atoms with Gasteiger partial charge in [-0.1, -0.05) is 0 Å². The number of carbonyl (C=O) groups excluding carboxylic acids is 1. The number of carboxylic acid groups (broad SMARTS) is 1. The second kappa shape index (κ2) is 5.41. The third kappa shape index (κ3) is 3.03. The van der Waals surface area contributed by atoms with Gasteiger partial charge in [0.25, 0.3) is 5.91 Å². The van der Waals surface area contributed by atoms with Crippen LogP contribution >= 0.6 is 0 Å². The second-order valence-electron chi connectivity index (χ2n) is 3.96. The summed E-state index contributed by atoms with van der Waals surface area (Å²) < 4.78 is 13.0. The van der Waals surface area contributed by atoms with Crippen LogP contribution < -0.4 is 5.32 Å². The summed E-state index contributed by atoms with van der Waals surface area (Å²) in [5, 5.41) is 21.7. The Morgan fingerprint density at radius 2 is 2.00 bits per heavy atom. The number of hydrogen-bond acceptors (Lipinski definition) is 4. The van der Waals surface area contributed by atoms with Gasteiger partial charge in [-0.3, -0.25) is 4.79 Å². The Bertz CT molecular complexity index is 740. The first kappa shape index (κ1) is 14.2. The molecule has 1 aromatic carbocycles. The van der Waals surface area contributed by atoms with Gasteiger partial charge in [0.1, 0.15) is 5.82 Å². The van der Waals surface area contributed by atoms with Gasteiger partial charge in [-0.15, -0.1) is 0 Å². The molecule has 8 nitrogen and oxygen atoms in total. The number of benzene rings is 1. The molecule has 0 aliphatic rings. The molecule has 0 unspecified atom stereocenters. The average molecular weight is 293 g/mol. The molecule has 1 amide bonds. The van der Waals surface area contributed by atoms with Crippen molar-refractivity contribution in [1.29, 1.82) is 0 Å². The minimum atomic E-state index is -1.41. The lowest BCUT2D eigenvalue weighted by atomic mass is 10.1. The van der Waals surface area contributed by atoms with Crippen molar-refractivity contribution < 1.29 is 24.0 Å². The molecule has 2 aromatic rings. The first-order valence-corrected chi connectivity index (χ1v) is 5.56. The SMILES string of the molecule is O=C(Nc1ccc(F)cc1C(=O)O)c1ccc([N+](=O)[O-])[nH]1. The van der Waals surface area contributed by atoms with E-state index < -0.39 is 28.2 Å². The Labute approximate surface area is 116 Å². The molecule has 21 heavy (non-hydrogen) atoms. The van der Waals surface area contributed by atoms with Gasteiger partial charge >= 0.3 is 11.8 Å². The quantitative estimate of drug-likeness (QED) is 0.587. The summed E-state index contributed by atoms with van der Waals surface area (Å²) in [6.45, 7) is 0. The van der Waals surface area contributed by atoms with Crippen LogP contribution in [0.5, 0.6) is 0 Å². The largest absolute Gasteiger partial charge is 0.478 e. The van der Waals surface area contributed by atoms with E-state index in [4.69, 9.17) is 5.11 Å². The lowest BCUT2D eigenvalue weighted by molar-refractivity contribution is -0.389. The van der Waals surface area contributed by atoms with Crippen LogP contribution in [-0.4, -0.2) is 26.9 Å². The highest BCUT2D eigenvalue weighted by atomic mass is 19.1. The number of carboxylic acids is 1. The summed E-state index contributed by atoms with van der Waals surface area (Å²) in [5.41, 5.74) is -0.669. The average Bonchev–Trinajstić information content (AvgIpc) is 2.90. The van der Waals surface area contributed by atoms with E-state index in [2.05, 4.69) is 10.3 Å². The molecule has 108 valence electrons. The van der Waals surface area contributed by atoms with Crippen LogP contribution in [0, 0.1) is 15.9 Å². The number of aromatic nitrogens is 1. The zero-order valence-corrected chi connectivity index (χ0v) is 10.3. The van der Waals surface area contributed by atoms with Crippen LogP contribution in [0.25, 0.3) is 0 Å². The highest BCUT2D eigenvalue weighted by molar-refractivity contribution is 6.07.